The van der Waals surface area contributed by atoms with Gasteiger partial charge in [-0.3, -0.25) is 4.79 Å². The molecule has 3 rings (SSSR count). The molecule has 140 valence electrons. The summed E-state index contributed by atoms with van der Waals surface area (Å²) in [6, 6.07) is 9.98. The van der Waals surface area contributed by atoms with Crippen LogP contribution in [0.5, 0.6) is 0 Å². The maximum atomic E-state index is 12.7. The van der Waals surface area contributed by atoms with Crippen molar-refractivity contribution in [3.8, 4) is 0 Å². The second-order valence-electron chi connectivity index (χ2n) is 6.74. The number of nitrogens with zero attached hydrogens (tertiary/aromatic N) is 1. The van der Waals surface area contributed by atoms with Gasteiger partial charge in [-0.1, -0.05) is 6.92 Å². The van der Waals surface area contributed by atoms with E-state index in [4.69, 9.17) is 4.42 Å². The van der Waals surface area contributed by atoms with Crippen LogP contribution in [-0.2, 0) is 21.2 Å². The molecule has 1 aliphatic rings. The van der Waals surface area contributed by atoms with E-state index in [1.54, 1.807) is 40.9 Å². The van der Waals surface area contributed by atoms with E-state index < -0.39 is 10.0 Å². The van der Waals surface area contributed by atoms with Crippen molar-refractivity contribution in [1.82, 2.24) is 4.31 Å². The number of hydrogen-bond donors (Lipinski definition) is 1. The van der Waals surface area contributed by atoms with Crippen molar-refractivity contribution in [2.75, 3.05) is 18.4 Å². The van der Waals surface area contributed by atoms with Crippen LogP contribution in [0.2, 0.25) is 0 Å². The van der Waals surface area contributed by atoms with Gasteiger partial charge in [-0.05, 0) is 55.2 Å². The highest BCUT2D eigenvalue weighted by atomic mass is 32.2. The highest BCUT2D eigenvalue weighted by Crippen LogP contribution is 2.24. The zero-order chi connectivity index (χ0) is 18.6. The minimum Gasteiger partial charge on any atom is -0.469 e. The summed E-state index contributed by atoms with van der Waals surface area (Å²) in [5.74, 6) is 1.19. The van der Waals surface area contributed by atoms with Gasteiger partial charge in [0, 0.05) is 31.6 Å². The summed E-state index contributed by atoms with van der Waals surface area (Å²) < 4.78 is 32.1. The second kappa shape index (κ2) is 8.05. The molecule has 0 spiro atoms. The van der Waals surface area contributed by atoms with Gasteiger partial charge in [0.2, 0.25) is 15.9 Å². The van der Waals surface area contributed by atoms with Crippen LogP contribution < -0.4 is 5.32 Å². The van der Waals surface area contributed by atoms with E-state index in [0.717, 1.165) is 18.6 Å². The number of furan rings is 1. The number of piperidine rings is 1. The predicted molar refractivity (Wildman–Crippen MR) is 99.3 cm³/mol. The molecule has 1 saturated heterocycles. The predicted octanol–water partition coefficient (Wildman–Crippen LogP) is 3.27. The van der Waals surface area contributed by atoms with E-state index in [1.165, 1.54) is 0 Å². The first-order valence-corrected chi connectivity index (χ1v) is 10.3. The van der Waals surface area contributed by atoms with Crippen LogP contribution in [0, 0.1) is 5.92 Å². The first-order valence-electron chi connectivity index (χ1n) is 8.87. The molecule has 0 radical (unpaired) electrons. The van der Waals surface area contributed by atoms with E-state index in [9.17, 15) is 13.2 Å². The molecule has 0 aliphatic carbocycles. The molecule has 26 heavy (non-hydrogen) atoms. The Kier molecular flexibility index (Phi) is 5.78. The fraction of sp³-hybridized carbons (Fsp3) is 0.421. The molecule has 1 aromatic carbocycles. The first kappa shape index (κ1) is 18.7. The molecule has 0 atom stereocenters. The third kappa shape index (κ3) is 4.53. The lowest BCUT2D eigenvalue weighted by molar-refractivity contribution is -0.116. The minimum absolute atomic E-state index is 0.137. The smallest absolute Gasteiger partial charge is 0.243 e. The molecular weight excluding hydrogens is 352 g/mol. The number of aryl methyl sites for hydroxylation is 1. The lowest BCUT2D eigenvalue weighted by Gasteiger charge is -2.29. The van der Waals surface area contributed by atoms with Crippen molar-refractivity contribution in [3.63, 3.8) is 0 Å². The lowest BCUT2D eigenvalue weighted by atomic mass is 10.0. The molecule has 1 aromatic heterocycles. The molecular formula is C19H24N2O4S. The highest BCUT2D eigenvalue weighted by Gasteiger charge is 2.27. The topological polar surface area (TPSA) is 79.6 Å². The normalized spacial score (nSPS) is 16.5. The van der Waals surface area contributed by atoms with Crippen LogP contribution in [0.1, 0.15) is 31.9 Å². The van der Waals surface area contributed by atoms with Gasteiger partial charge < -0.3 is 9.73 Å². The van der Waals surface area contributed by atoms with Crippen molar-refractivity contribution in [3.05, 3.63) is 48.4 Å². The van der Waals surface area contributed by atoms with Crippen LogP contribution in [0.3, 0.4) is 0 Å². The summed E-state index contributed by atoms with van der Waals surface area (Å²) in [6.07, 6.45) is 4.19. The molecule has 0 bridgehead atoms. The van der Waals surface area contributed by atoms with Gasteiger partial charge in [-0.2, -0.15) is 4.31 Å². The van der Waals surface area contributed by atoms with Crippen LogP contribution in [0.15, 0.2) is 52.0 Å². The second-order valence-corrected chi connectivity index (χ2v) is 8.68. The van der Waals surface area contributed by atoms with Crippen LogP contribution >= 0.6 is 0 Å². The van der Waals surface area contributed by atoms with E-state index in [2.05, 4.69) is 12.2 Å². The van der Waals surface area contributed by atoms with E-state index in [0.29, 0.717) is 37.5 Å². The average molecular weight is 376 g/mol. The molecule has 0 saturated carbocycles. The van der Waals surface area contributed by atoms with Crippen LogP contribution in [-0.4, -0.2) is 31.7 Å². The number of rotatable bonds is 6. The molecule has 1 N–H and O–H groups in total. The number of sulfonamides is 1. The highest BCUT2D eigenvalue weighted by molar-refractivity contribution is 7.89. The Hall–Kier alpha value is -2.12. The number of anilines is 1. The number of carbonyl (C=O) groups is 1. The van der Waals surface area contributed by atoms with Gasteiger partial charge in [0.1, 0.15) is 5.76 Å². The quantitative estimate of drug-likeness (QED) is 0.839. The molecule has 7 heteroatoms. The summed E-state index contributed by atoms with van der Waals surface area (Å²) in [4.78, 5) is 12.3. The van der Waals surface area contributed by atoms with Crippen LogP contribution in [0.4, 0.5) is 5.69 Å². The van der Waals surface area contributed by atoms with E-state index >= 15 is 0 Å². The van der Waals surface area contributed by atoms with Crippen LogP contribution in [0.25, 0.3) is 0 Å². The molecule has 1 aliphatic heterocycles. The summed E-state index contributed by atoms with van der Waals surface area (Å²) in [5, 5.41) is 2.78. The number of amides is 1. The number of nitrogens with one attached hydrogen (secondary N) is 1. The summed E-state index contributed by atoms with van der Waals surface area (Å²) in [5.41, 5.74) is 0.584. The van der Waals surface area contributed by atoms with E-state index in [1.807, 2.05) is 6.07 Å². The van der Waals surface area contributed by atoms with Crippen molar-refractivity contribution in [2.24, 2.45) is 5.92 Å². The third-order valence-corrected chi connectivity index (χ3v) is 6.61. The summed E-state index contributed by atoms with van der Waals surface area (Å²) in [6.45, 7) is 3.27. The Bertz CT molecular complexity index is 821. The molecule has 2 aromatic rings. The fourth-order valence-electron chi connectivity index (χ4n) is 3.00. The van der Waals surface area contributed by atoms with Gasteiger partial charge in [0.05, 0.1) is 11.2 Å². The maximum Gasteiger partial charge on any atom is 0.243 e. The third-order valence-electron chi connectivity index (χ3n) is 4.70. The summed E-state index contributed by atoms with van der Waals surface area (Å²) >= 11 is 0. The maximum absolute atomic E-state index is 12.7. The van der Waals surface area contributed by atoms with Gasteiger partial charge >= 0.3 is 0 Å². The molecule has 1 fully saturated rings. The number of hydrogen-bond acceptors (Lipinski definition) is 4. The largest absolute Gasteiger partial charge is 0.469 e. The minimum atomic E-state index is -3.46. The molecule has 1 amide bonds. The Morgan fingerprint density at radius 2 is 1.88 bits per heavy atom. The van der Waals surface area contributed by atoms with Gasteiger partial charge in [0.25, 0.3) is 0 Å². The van der Waals surface area contributed by atoms with Gasteiger partial charge in [0.15, 0.2) is 0 Å². The zero-order valence-corrected chi connectivity index (χ0v) is 15.7. The zero-order valence-electron chi connectivity index (χ0n) is 14.8. The number of carbonyl (C=O) groups excluding carboxylic acids is 1. The van der Waals surface area contributed by atoms with Crippen molar-refractivity contribution in [2.45, 2.75) is 37.5 Å². The Balaban J connectivity index is 1.58. The standard InChI is InChI=1S/C19H24N2O4S/c1-15-10-12-21(13-11-15)26(23,24)18-7-4-16(5-8-18)20-19(22)9-6-17-3-2-14-25-17/h2-5,7-8,14-15H,6,9-13H2,1H3,(H,20,22). The van der Waals surface area contributed by atoms with Gasteiger partial charge in [-0.15, -0.1) is 0 Å². The lowest BCUT2D eigenvalue weighted by Crippen LogP contribution is -2.37. The van der Waals surface area contributed by atoms with Gasteiger partial charge in [-0.25, -0.2) is 8.42 Å². The van der Waals surface area contributed by atoms with Crippen molar-refractivity contribution < 1.29 is 17.6 Å². The van der Waals surface area contributed by atoms with Crippen molar-refractivity contribution in [1.29, 1.82) is 0 Å². The molecule has 2 heterocycles. The summed E-state index contributed by atoms with van der Waals surface area (Å²) in [7, 11) is -3.46. The Labute approximate surface area is 154 Å². The first-order chi connectivity index (χ1) is 12.4. The fourth-order valence-corrected chi connectivity index (χ4v) is 4.47. The molecule has 6 nitrogen and oxygen atoms in total. The SMILES string of the molecule is CC1CCN(S(=O)(=O)c2ccc(NC(=O)CCc3ccco3)cc2)CC1. The number of benzene rings is 1. The Morgan fingerprint density at radius 1 is 1.19 bits per heavy atom. The van der Waals surface area contributed by atoms with Crippen molar-refractivity contribution >= 4 is 21.6 Å². The molecule has 0 unspecified atom stereocenters. The Morgan fingerprint density at radius 3 is 2.50 bits per heavy atom. The monoisotopic (exact) mass is 376 g/mol. The average Bonchev–Trinajstić information content (AvgIpc) is 3.14. The van der Waals surface area contributed by atoms with E-state index in [-0.39, 0.29) is 10.8 Å².